The minimum absolute atomic E-state index is 0.00532. The van der Waals surface area contributed by atoms with E-state index in [2.05, 4.69) is 6.92 Å². The monoisotopic (exact) mass is 344 g/mol. The zero-order chi connectivity index (χ0) is 18.0. The van der Waals surface area contributed by atoms with E-state index in [0.717, 1.165) is 25.7 Å². The van der Waals surface area contributed by atoms with Crippen LogP contribution in [0.2, 0.25) is 0 Å². The van der Waals surface area contributed by atoms with Crippen LogP contribution in [0.4, 0.5) is 8.78 Å². The molecule has 2 aromatic carbocycles. The maximum Gasteiger partial charge on any atom is 0.338 e. The smallest absolute Gasteiger partial charge is 0.338 e. The molecule has 1 aliphatic carbocycles. The third-order valence-electron chi connectivity index (χ3n) is 4.97. The van der Waals surface area contributed by atoms with Crippen molar-refractivity contribution in [3.63, 3.8) is 0 Å². The predicted octanol–water partition coefficient (Wildman–Crippen LogP) is 5.68. The van der Waals surface area contributed by atoms with E-state index in [1.165, 1.54) is 19.1 Å². The first-order valence-electron chi connectivity index (χ1n) is 8.71. The Balaban J connectivity index is 1.70. The summed E-state index contributed by atoms with van der Waals surface area (Å²) >= 11 is 0. The van der Waals surface area contributed by atoms with Crippen molar-refractivity contribution in [2.24, 2.45) is 5.92 Å². The Morgan fingerprint density at radius 1 is 0.960 bits per heavy atom. The van der Waals surface area contributed by atoms with Gasteiger partial charge in [0.05, 0.1) is 5.56 Å². The van der Waals surface area contributed by atoms with Gasteiger partial charge in [0.2, 0.25) is 0 Å². The van der Waals surface area contributed by atoms with Crippen molar-refractivity contribution in [2.75, 3.05) is 0 Å². The average Bonchev–Trinajstić information content (AvgIpc) is 2.61. The van der Waals surface area contributed by atoms with Gasteiger partial charge in [0, 0.05) is 5.56 Å². The molecule has 3 rings (SSSR count). The molecule has 1 aliphatic rings. The molecule has 2 nitrogen and oxygen atoms in total. The quantitative estimate of drug-likeness (QED) is 0.670. The Labute approximate surface area is 146 Å². The highest BCUT2D eigenvalue weighted by Crippen LogP contribution is 2.27. The second-order valence-electron chi connectivity index (χ2n) is 6.93. The molecule has 0 atom stereocenters. The number of ether oxygens (including phenoxy) is 1. The summed E-state index contributed by atoms with van der Waals surface area (Å²) in [5.74, 6) is -0.799. The highest BCUT2D eigenvalue weighted by molar-refractivity contribution is 5.90. The summed E-state index contributed by atoms with van der Waals surface area (Å²) in [5, 5.41) is 0. The first-order chi connectivity index (χ1) is 11.9. The summed E-state index contributed by atoms with van der Waals surface area (Å²) in [6.07, 6.45) is 3.98. The molecule has 0 heterocycles. The molecule has 4 heteroatoms. The molecule has 0 N–H and O–H groups in total. The first-order valence-corrected chi connectivity index (χ1v) is 8.71. The van der Waals surface area contributed by atoms with Gasteiger partial charge in [-0.2, -0.15) is 0 Å². The lowest BCUT2D eigenvalue weighted by Crippen LogP contribution is -2.23. The maximum atomic E-state index is 13.7. The van der Waals surface area contributed by atoms with Gasteiger partial charge in [-0.3, -0.25) is 0 Å². The molecule has 1 fully saturated rings. The van der Waals surface area contributed by atoms with Gasteiger partial charge < -0.3 is 4.74 Å². The lowest BCUT2D eigenvalue weighted by atomic mass is 9.89. The molecular formula is C21H22F2O2. The van der Waals surface area contributed by atoms with Crippen molar-refractivity contribution < 1.29 is 18.3 Å². The molecular weight excluding hydrogens is 322 g/mol. The summed E-state index contributed by atoms with van der Waals surface area (Å²) < 4.78 is 33.0. The van der Waals surface area contributed by atoms with E-state index in [4.69, 9.17) is 4.74 Å². The van der Waals surface area contributed by atoms with Crippen LogP contribution in [-0.2, 0) is 4.74 Å². The van der Waals surface area contributed by atoms with Gasteiger partial charge >= 0.3 is 5.97 Å². The molecule has 0 bridgehead atoms. The van der Waals surface area contributed by atoms with Crippen LogP contribution in [0.1, 0.15) is 48.5 Å². The van der Waals surface area contributed by atoms with Gasteiger partial charge in [-0.15, -0.1) is 0 Å². The molecule has 25 heavy (non-hydrogen) atoms. The van der Waals surface area contributed by atoms with Gasteiger partial charge in [-0.05, 0) is 73.9 Å². The second kappa shape index (κ2) is 7.34. The van der Waals surface area contributed by atoms with Crippen LogP contribution in [0.15, 0.2) is 36.4 Å². The van der Waals surface area contributed by atoms with E-state index in [1.807, 2.05) is 0 Å². The zero-order valence-corrected chi connectivity index (χ0v) is 14.5. The van der Waals surface area contributed by atoms with Crippen LogP contribution in [-0.4, -0.2) is 12.1 Å². The van der Waals surface area contributed by atoms with Crippen LogP contribution < -0.4 is 0 Å². The van der Waals surface area contributed by atoms with Crippen molar-refractivity contribution in [3.05, 3.63) is 59.2 Å². The number of carbonyl (C=O) groups excluding carboxylic acids is 1. The molecule has 0 aromatic heterocycles. The third kappa shape index (κ3) is 4.06. The highest BCUT2D eigenvalue weighted by Gasteiger charge is 2.22. The second-order valence-corrected chi connectivity index (χ2v) is 6.93. The van der Waals surface area contributed by atoms with E-state index in [0.29, 0.717) is 22.6 Å². The highest BCUT2D eigenvalue weighted by atomic mass is 19.1. The van der Waals surface area contributed by atoms with Crippen LogP contribution in [0.5, 0.6) is 0 Å². The molecule has 2 aromatic rings. The van der Waals surface area contributed by atoms with Gasteiger partial charge in [-0.1, -0.05) is 19.1 Å². The molecule has 1 saturated carbocycles. The fourth-order valence-electron chi connectivity index (χ4n) is 3.18. The number of rotatable bonds is 3. The van der Waals surface area contributed by atoms with Gasteiger partial charge in [0.25, 0.3) is 0 Å². The fourth-order valence-corrected chi connectivity index (χ4v) is 3.18. The Bertz CT molecular complexity index is 737. The number of halogens is 2. The topological polar surface area (TPSA) is 26.3 Å². The Hall–Kier alpha value is -2.23. The third-order valence-corrected chi connectivity index (χ3v) is 4.97. The van der Waals surface area contributed by atoms with Gasteiger partial charge in [0.15, 0.2) is 0 Å². The summed E-state index contributed by atoms with van der Waals surface area (Å²) in [6, 6.07) is 9.24. The van der Waals surface area contributed by atoms with E-state index in [-0.39, 0.29) is 17.6 Å². The van der Waals surface area contributed by atoms with Gasteiger partial charge in [0.1, 0.15) is 17.7 Å². The normalized spacial score (nSPS) is 20.3. The molecule has 0 spiro atoms. The Kier molecular flexibility index (Phi) is 5.16. The first kappa shape index (κ1) is 17.6. The van der Waals surface area contributed by atoms with Crippen LogP contribution in [0, 0.1) is 24.5 Å². The summed E-state index contributed by atoms with van der Waals surface area (Å²) in [5.41, 5.74) is 1.56. The molecule has 0 unspecified atom stereocenters. The van der Waals surface area contributed by atoms with E-state index in [1.54, 1.807) is 24.3 Å². The number of benzene rings is 2. The van der Waals surface area contributed by atoms with E-state index in [9.17, 15) is 13.6 Å². The van der Waals surface area contributed by atoms with E-state index >= 15 is 0 Å². The summed E-state index contributed by atoms with van der Waals surface area (Å²) in [7, 11) is 0. The van der Waals surface area contributed by atoms with Crippen LogP contribution >= 0.6 is 0 Å². The number of esters is 1. The number of hydrogen-bond donors (Lipinski definition) is 0. The SMILES string of the molecule is Cc1c(F)cc(-c2ccc(C(=O)OC3CCC(C)CC3)cc2)cc1F. The molecule has 0 radical (unpaired) electrons. The van der Waals surface area contributed by atoms with Crippen molar-refractivity contribution in [1.29, 1.82) is 0 Å². The average molecular weight is 344 g/mol. The molecule has 0 amide bonds. The minimum Gasteiger partial charge on any atom is -0.459 e. The minimum atomic E-state index is -0.579. The van der Waals surface area contributed by atoms with Crippen molar-refractivity contribution in [1.82, 2.24) is 0 Å². The van der Waals surface area contributed by atoms with Crippen molar-refractivity contribution >= 4 is 5.97 Å². The van der Waals surface area contributed by atoms with Crippen molar-refractivity contribution in [3.8, 4) is 11.1 Å². The standard InChI is InChI=1S/C21H22F2O2/c1-13-3-9-18(10-4-13)25-21(24)16-7-5-15(6-8-16)17-11-19(22)14(2)20(23)12-17/h5-8,11-13,18H,3-4,9-10H2,1-2H3. The number of carbonyl (C=O) groups is 1. The van der Waals surface area contributed by atoms with Crippen LogP contribution in [0.3, 0.4) is 0 Å². The zero-order valence-electron chi connectivity index (χ0n) is 14.5. The predicted molar refractivity (Wildman–Crippen MR) is 93.4 cm³/mol. The van der Waals surface area contributed by atoms with Crippen LogP contribution in [0.25, 0.3) is 11.1 Å². The fraction of sp³-hybridized carbons (Fsp3) is 0.381. The van der Waals surface area contributed by atoms with Crippen molar-refractivity contribution in [2.45, 2.75) is 45.6 Å². The number of hydrogen-bond acceptors (Lipinski definition) is 2. The largest absolute Gasteiger partial charge is 0.459 e. The summed E-state index contributed by atoms with van der Waals surface area (Å²) in [4.78, 5) is 12.3. The lowest BCUT2D eigenvalue weighted by molar-refractivity contribution is 0.0174. The molecule has 0 saturated heterocycles. The molecule has 0 aliphatic heterocycles. The Morgan fingerprint density at radius 2 is 1.52 bits per heavy atom. The lowest BCUT2D eigenvalue weighted by Gasteiger charge is -2.26. The Morgan fingerprint density at radius 3 is 2.08 bits per heavy atom. The maximum absolute atomic E-state index is 13.7. The van der Waals surface area contributed by atoms with Gasteiger partial charge in [-0.25, -0.2) is 13.6 Å². The van der Waals surface area contributed by atoms with E-state index < -0.39 is 11.6 Å². The molecule has 132 valence electrons. The summed E-state index contributed by atoms with van der Waals surface area (Å²) in [6.45, 7) is 3.62.